The summed E-state index contributed by atoms with van der Waals surface area (Å²) in [5.41, 5.74) is -0.357. The van der Waals surface area contributed by atoms with Gasteiger partial charge in [-0.1, -0.05) is 0 Å². The van der Waals surface area contributed by atoms with Crippen molar-refractivity contribution in [3.05, 3.63) is 27.3 Å². The third-order valence-electron chi connectivity index (χ3n) is 2.83. The number of rotatable bonds is 5. The highest BCUT2D eigenvalue weighted by Gasteiger charge is 2.31. The van der Waals surface area contributed by atoms with Crippen molar-refractivity contribution < 1.29 is 19.7 Å². The fraction of sp³-hybridized carbons (Fsp3) is 0.462. The van der Waals surface area contributed by atoms with Crippen molar-refractivity contribution in [1.29, 1.82) is 0 Å². The zero-order valence-electron chi connectivity index (χ0n) is 10.6. The molecule has 0 spiro atoms. The molecule has 4 nitrogen and oxygen atoms in total. The highest BCUT2D eigenvalue weighted by molar-refractivity contribution is 14.1. The van der Waals surface area contributed by atoms with E-state index in [-0.39, 0.29) is 6.42 Å². The van der Waals surface area contributed by atoms with Gasteiger partial charge in [0.05, 0.1) is 18.6 Å². The minimum atomic E-state index is -0.980. The first kappa shape index (κ1) is 15.2. The smallest absolute Gasteiger partial charge is 0.309 e. The predicted molar refractivity (Wildman–Crippen MR) is 76.7 cm³/mol. The summed E-state index contributed by atoms with van der Waals surface area (Å²) in [4.78, 5) is 11.1. The van der Waals surface area contributed by atoms with Crippen molar-refractivity contribution >= 4 is 28.6 Å². The number of aliphatic carboxylic acids is 1. The molecule has 1 aromatic carbocycles. The van der Waals surface area contributed by atoms with Gasteiger partial charge in [-0.15, -0.1) is 0 Å². The number of ether oxygens (including phenoxy) is 1. The lowest BCUT2D eigenvalue weighted by Crippen LogP contribution is -2.26. The molecule has 1 atom stereocenters. The number of carboxylic acids is 1. The maximum absolute atomic E-state index is 11.1. The topological polar surface area (TPSA) is 66.8 Å². The number of hydrogen-bond donors (Lipinski definition) is 2. The fourth-order valence-electron chi connectivity index (χ4n) is 1.65. The van der Waals surface area contributed by atoms with Crippen LogP contribution >= 0.6 is 22.6 Å². The van der Waals surface area contributed by atoms with Gasteiger partial charge >= 0.3 is 5.97 Å². The minimum absolute atomic E-state index is 0.138. The van der Waals surface area contributed by atoms with Gasteiger partial charge in [0.2, 0.25) is 0 Å². The molecule has 0 amide bonds. The molecular formula is C13H17IO4. The first-order valence-corrected chi connectivity index (χ1v) is 6.60. The molecule has 0 aliphatic carbocycles. The standard InChI is InChI=1S/C13H17IO4/c1-13(2,12(16)17)7-10(15)9-6-8(14)4-5-11(9)18-3/h4-6,10,15H,7H2,1-3H3,(H,16,17). The van der Waals surface area contributed by atoms with E-state index in [1.165, 1.54) is 7.11 Å². The van der Waals surface area contributed by atoms with E-state index in [1.807, 2.05) is 12.1 Å². The fourth-order valence-corrected chi connectivity index (χ4v) is 2.16. The molecule has 1 aromatic rings. The van der Waals surface area contributed by atoms with E-state index in [4.69, 9.17) is 9.84 Å². The van der Waals surface area contributed by atoms with Crippen LogP contribution in [-0.2, 0) is 4.79 Å². The minimum Gasteiger partial charge on any atom is -0.496 e. The molecule has 1 unspecified atom stereocenters. The Bertz CT molecular complexity index is 443. The predicted octanol–water partition coefficient (Wildman–Crippen LogP) is 2.83. The highest BCUT2D eigenvalue weighted by atomic mass is 127. The molecule has 0 saturated carbocycles. The van der Waals surface area contributed by atoms with E-state index in [0.29, 0.717) is 11.3 Å². The van der Waals surface area contributed by atoms with Crippen LogP contribution in [0.15, 0.2) is 18.2 Å². The van der Waals surface area contributed by atoms with Gasteiger partial charge < -0.3 is 14.9 Å². The van der Waals surface area contributed by atoms with Gasteiger partial charge in [0.1, 0.15) is 5.75 Å². The van der Waals surface area contributed by atoms with Gasteiger partial charge in [0.25, 0.3) is 0 Å². The van der Waals surface area contributed by atoms with E-state index in [1.54, 1.807) is 19.9 Å². The Kier molecular flexibility index (Phi) is 4.98. The van der Waals surface area contributed by atoms with Crippen molar-refractivity contribution in [1.82, 2.24) is 0 Å². The maximum Gasteiger partial charge on any atom is 0.309 e. The summed E-state index contributed by atoms with van der Waals surface area (Å²) in [6.45, 7) is 3.19. The Morgan fingerprint density at radius 1 is 1.50 bits per heavy atom. The first-order chi connectivity index (χ1) is 8.27. The number of halogens is 1. The average Bonchev–Trinajstić information content (AvgIpc) is 2.28. The van der Waals surface area contributed by atoms with Crippen LogP contribution in [0.2, 0.25) is 0 Å². The Labute approximate surface area is 120 Å². The Hall–Kier alpha value is -0.820. The first-order valence-electron chi connectivity index (χ1n) is 5.53. The number of carbonyl (C=O) groups is 1. The lowest BCUT2D eigenvalue weighted by molar-refractivity contribution is -0.148. The van der Waals surface area contributed by atoms with Crippen LogP contribution in [0.3, 0.4) is 0 Å². The van der Waals surface area contributed by atoms with Gasteiger partial charge in [0, 0.05) is 9.13 Å². The Morgan fingerprint density at radius 2 is 2.11 bits per heavy atom. The van der Waals surface area contributed by atoms with E-state index in [9.17, 15) is 9.90 Å². The lowest BCUT2D eigenvalue weighted by atomic mass is 9.84. The van der Waals surface area contributed by atoms with Crippen LogP contribution in [0, 0.1) is 8.99 Å². The van der Waals surface area contributed by atoms with Crippen molar-refractivity contribution in [2.75, 3.05) is 7.11 Å². The summed E-state index contributed by atoms with van der Waals surface area (Å²) in [7, 11) is 1.53. The summed E-state index contributed by atoms with van der Waals surface area (Å²) >= 11 is 2.14. The summed E-state index contributed by atoms with van der Waals surface area (Å²) < 4.78 is 6.15. The van der Waals surface area contributed by atoms with Crippen LogP contribution in [0.4, 0.5) is 0 Å². The van der Waals surface area contributed by atoms with Crippen molar-refractivity contribution in [2.24, 2.45) is 5.41 Å². The zero-order valence-corrected chi connectivity index (χ0v) is 12.8. The van der Waals surface area contributed by atoms with Crippen molar-refractivity contribution in [3.8, 4) is 5.75 Å². The van der Waals surface area contributed by atoms with Crippen LogP contribution in [-0.4, -0.2) is 23.3 Å². The highest BCUT2D eigenvalue weighted by Crippen LogP contribution is 2.35. The summed E-state index contributed by atoms with van der Waals surface area (Å²) in [6.07, 6.45) is -0.723. The Morgan fingerprint density at radius 3 is 2.61 bits per heavy atom. The van der Waals surface area contributed by atoms with Crippen molar-refractivity contribution in [2.45, 2.75) is 26.4 Å². The van der Waals surface area contributed by atoms with Gasteiger partial charge in [-0.3, -0.25) is 4.79 Å². The largest absolute Gasteiger partial charge is 0.496 e. The third-order valence-corrected chi connectivity index (χ3v) is 3.50. The van der Waals surface area contributed by atoms with E-state index in [2.05, 4.69) is 22.6 Å². The summed E-state index contributed by atoms with van der Waals surface area (Å²) in [6, 6.07) is 5.45. The molecule has 0 saturated heterocycles. The summed E-state index contributed by atoms with van der Waals surface area (Å²) in [5.74, 6) is -0.352. The second-order valence-electron chi connectivity index (χ2n) is 4.80. The molecule has 0 aliphatic rings. The van der Waals surface area contributed by atoms with Crippen LogP contribution in [0.1, 0.15) is 31.9 Å². The van der Waals surface area contributed by atoms with Gasteiger partial charge in [0.15, 0.2) is 0 Å². The SMILES string of the molecule is COc1ccc(I)cc1C(O)CC(C)(C)C(=O)O. The molecule has 0 heterocycles. The zero-order chi connectivity index (χ0) is 13.9. The average molecular weight is 364 g/mol. The molecule has 2 N–H and O–H groups in total. The second-order valence-corrected chi connectivity index (χ2v) is 6.04. The molecule has 0 aliphatic heterocycles. The molecule has 5 heteroatoms. The number of benzene rings is 1. The quantitative estimate of drug-likeness (QED) is 0.789. The molecule has 0 fully saturated rings. The molecule has 18 heavy (non-hydrogen) atoms. The van der Waals surface area contributed by atoms with Gasteiger partial charge in [-0.2, -0.15) is 0 Å². The van der Waals surface area contributed by atoms with Crippen LogP contribution in [0.25, 0.3) is 0 Å². The van der Waals surface area contributed by atoms with E-state index < -0.39 is 17.5 Å². The number of methoxy groups -OCH3 is 1. The molecule has 0 radical (unpaired) electrons. The number of aliphatic hydroxyl groups is 1. The summed E-state index contributed by atoms with van der Waals surface area (Å²) in [5, 5.41) is 19.3. The Balaban J connectivity index is 3.00. The molecule has 1 rings (SSSR count). The van der Waals surface area contributed by atoms with Gasteiger partial charge in [-0.25, -0.2) is 0 Å². The number of hydrogen-bond acceptors (Lipinski definition) is 3. The van der Waals surface area contributed by atoms with Crippen molar-refractivity contribution in [3.63, 3.8) is 0 Å². The van der Waals surface area contributed by atoms with Crippen LogP contribution in [0.5, 0.6) is 5.75 Å². The molecule has 100 valence electrons. The van der Waals surface area contributed by atoms with E-state index in [0.717, 1.165) is 3.57 Å². The molecular weight excluding hydrogens is 347 g/mol. The number of aliphatic hydroxyl groups excluding tert-OH is 1. The maximum atomic E-state index is 11.1. The second kappa shape index (κ2) is 5.88. The normalized spacial score (nSPS) is 13.2. The lowest BCUT2D eigenvalue weighted by Gasteiger charge is -2.24. The monoisotopic (exact) mass is 364 g/mol. The number of carboxylic acid groups (broad SMARTS) is 1. The third kappa shape index (κ3) is 3.58. The van der Waals surface area contributed by atoms with Crippen LogP contribution < -0.4 is 4.74 Å². The molecule has 0 aromatic heterocycles. The molecule has 0 bridgehead atoms. The van der Waals surface area contributed by atoms with Gasteiger partial charge in [-0.05, 0) is 61.1 Å². The van der Waals surface area contributed by atoms with E-state index >= 15 is 0 Å².